The lowest BCUT2D eigenvalue weighted by Crippen LogP contribution is -2.71. The Morgan fingerprint density at radius 2 is 1.20 bits per heavy atom. The third-order valence-electron chi connectivity index (χ3n) is 20.4. The minimum Gasteiger partial charge on any atom is -0.394 e. The minimum absolute atomic E-state index is 0.136. The van der Waals surface area contributed by atoms with Gasteiger partial charge in [-0.15, -0.1) is 0 Å². The Balaban J connectivity index is 1.12. The van der Waals surface area contributed by atoms with Crippen LogP contribution in [0.1, 0.15) is 114 Å². The molecular formula is C53H90O22. The van der Waals surface area contributed by atoms with Crippen LogP contribution < -0.4 is 0 Å². The van der Waals surface area contributed by atoms with Crippen molar-refractivity contribution in [3.63, 3.8) is 0 Å². The van der Waals surface area contributed by atoms with Gasteiger partial charge in [0, 0.05) is 0 Å². The fourth-order valence-corrected chi connectivity index (χ4v) is 16.1. The van der Waals surface area contributed by atoms with Gasteiger partial charge in [-0.05, 0) is 124 Å². The molecule has 0 aromatic rings. The molecule has 0 aromatic heterocycles. The van der Waals surface area contributed by atoms with E-state index in [9.17, 15) is 71.5 Å². The van der Waals surface area contributed by atoms with E-state index >= 15 is 0 Å². The molecule has 4 saturated carbocycles. The molecule has 0 radical (unpaired) electrons. The summed E-state index contributed by atoms with van der Waals surface area (Å²) in [5.74, 6) is -1.36. The molecule has 4 aliphatic heterocycles. The molecule has 22 nitrogen and oxygen atoms in total. The van der Waals surface area contributed by atoms with Crippen LogP contribution in [0, 0.1) is 45.3 Å². The molecule has 4 aliphatic carbocycles. The third kappa shape index (κ3) is 10.4. The van der Waals surface area contributed by atoms with Gasteiger partial charge in [0.05, 0.1) is 49.8 Å². The molecule has 434 valence electrons. The van der Waals surface area contributed by atoms with Gasteiger partial charge in [-0.25, -0.2) is 0 Å². The summed E-state index contributed by atoms with van der Waals surface area (Å²) in [6.07, 6.45) is -25.3. The molecule has 0 spiro atoms. The normalized spacial score (nSPS) is 53.6. The highest BCUT2D eigenvalue weighted by Gasteiger charge is 2.74. The van der Waals surface area contributed by atoms with E-state index in [1.54, 1.807) is 0 Å². The first-order chi connectivity index (χ1) is 35.0. The average Bonchev–Trinajstić information content (AvgIpc) is 3.87. The number of aliphatic hydroxyl groups is 14. The van der Waals surface area contributed by atoms with Crippen LogP contribution in [0.4, 0.5) is 0 Å². The van der Waals surface area contributed by atoms with E-state index < -0.39 is 194 Å². The molecule has 4 saturated heterocycles. The monoisotopic (exact) mass is 1080 g/mol. The molecule has 0 aromatic carbocycles. The summed E-state index contributed by atoms with van der Waals surface area (Å²) in [5, 5.41) is 155. The van der Waals surface area contributed by atoms with Crippen LogP contribution in [0.5, 0.6) is 0 Å². The molecule has 8 aliphatic rings. The van der Waals surface area contributed by atoms with Gasteiger partial charge in [0.15, 0.2) is 25.2 Å². The first-order valence-corrected chi connectivity index (χ1v) is 27.2. The largest absolute Gasteiger partial charge is 0.394 e. The zero-order valence-electron chi connectivity index (χ0n) is 44.9. The molecule has 14 N–H and O–H groups in total. The quantitative estimate of drug-likeness (QED) is 0.0651. The second kappa shape index (κ2) is 22.3. The third-order valence-corrected chi connectivity index (χ3v) is 20.4. The van der Waals surface area contributed by atoms with Crippen molar-refractivity contribution < 1.29 is 109 Å². The summed E-state index contributed by atoms with van der Waals surface area (Å²) in [5.41, 5.74) is -2.78. The zero-order chi connectivity index (χ0) is 55.2. The number of ether oxygens (including phenoxy) is 8. The predicted molar refractivity (Wildman–Crippen MR) is 260 cm³/mol. The number of hydrogen-bond acceptors (Lipinski definition) is 22. The summed E-state index contributed by atoms with van der Waals surface area (Å²) >= 11 is 0. The van der Waals surface area contributed by atoms with Crippen LogP contribution in [-0.4, -0.2) is 232 Å². The Labute approximate surface area is 439 Å². The van der Waals surface area contributed by atoms with E-state index in [1.165, 1.54) is 6.92 Å². The Kier molecular flexibility index (Phi) is 17.8. The molecule has 8 fully saturated rings. The van der Waals surface area contributed by atoms with Crippen molar-refractivity contribution in [2.45, 2.75) is 254 Å². The van der Waals surface area contributed by atoms with Crippen molar-refractivity contribution in [1.29, 1.82) is 0 Å². The number of rotatable bonds is 15. The van der Waals surface area contributed by atoms with Gasteiger partial charge in [0.25, 0.3) is 0 Å². The van der Waals surface area contributed by atoms with Gasteiger partial charge in [0.1, 0.15) is 85.5 Å². The summed E-state index contributed by atoms with van der Waals surface area (Å²) in [7, 11) is 0. The smallest absolute Gasteiger partial charge is 0.187 e. The van der Waals surface area contributed by atoms with Crippen molar-refractivity contribution in [3.05, 3.63) is 11.6 Å². The Hall–Kier alpha value is -1.14. The van der Waals surface area contributed by atoms with Crippen molar-refractivity contribution >= 4 is 0 Å². The zero-order valence-corrected chi connectivity index (χ0v) is 44.9. The number of hydrogen-bond donors (Lipinski definition) is 14. The van der Waals surface area contributed by atoms with E-state index in [4.69, 9.17) is 37.9 Å². The van der Waals surface area contributed by atoms with Crippen LogP contribution in [0.3, 0.4) is 0 Å². The second-order valence-electron chi connectivity index (χ2n) is 25.4. The summed E-state index contributed by atoms with van der Waals surface area (Å²) in [6, 6.07) is 0. The van der Waals surface area contributed by atoms with Crippen LogP contribution in [0.25, 0.3) is 0 Å². The molecule has 0 unspecified atom stereocenters. The maximum Gasteiger partial charge on any atom is 0.187 e. The van der Waals surface area contributed by atoms with E-state index in [-0.39, 0.29) is 11.8 Å². The van der Waals surface area contributed by atoms with Crippen LogP contribution in [0.2, 0.25) is 0 Å². The Morgan fingerprint density at radius 3 is 1.84 bits per heavy atom. The average molecular weight is 1080 g/mol. The first kappa shape index (κ1) is 60.0. The maximum atomic E-state index is 12.9. The second-order valence-corrected chi connectivity index (χ2v) is 25.4. The van der Waals surface area contributed by atoms with Gasteiger partial charge in [-0.2, -0.15) is 0 Å². The van der Waals surface area contributed by atoms with Gasteiger partial charge >= 0.3 is 0 Å². The molecule has 0 bridgehead atoms. The fourth-order valence-electron chi connectivity index (χ4n) is 16.1. The lowest BCUT2D eigenvalue weighted by atomic mass is 9.34. The highest BCUT2D eigenvalue weighted by Crippen LogP contribution is 2.76. The Bertz CT molecular complexity index is 1960. The van der Waals surface area contributed by atoms with Gasteiger partial charge < -0.3 is 109 Å². The summed E-state index contributed by atoms with van der Waals surface area (Å²) in [6.45, 7) is 16.2. The SMILES string of the molecule is CC(C)=CCC[C@](C)(O[C@@H]1O[C@H](CO[C@@H]2O[C@@H](CO)[C@H](O)[C@H]2O)[C@@H](O)[C@H](O)[C@H]1O)[C@H]1CC[C@]2(C)[C@@H]1[C@H](O)C[C@@H]1[C@@]3(C)CC[C@H](O)C(C)(C)[C@@H]3[C@@H](O[C@@H]3O[C@H](CO)[C@@H](O)[C@H](O)[C@H]3O[C@@H]3O[C@@H](C)[C@H](O)[C@@H](O)[C@H]3O)C[C@]12C. The summed E-state index contributed by atoms with van der Waals surface area (Å²) < 4.78 is 49.8. The van der Waals surface area contributed by atoms with Crippen molar-refractivity contribution in [2.75, 3.05) is 19.8 Å². The fraction of sp³-hybridized carbons (Fsp3) is 0.962. The number of fused-ring (bicyclic) bond motifs is 5. The van der Waals surface area contributed by atoms with E-state index in [1.807, 2.05) is 34.6 Å². The predicted octanol–water partition coefficient (Wildman–Crippen LogP) is -1.57. The molecule has 22 heteroatoms. The number of aliphatic hydroxyl groups excluding tert-OH is 14. The van der Waals surface area contributed by atoms with Crippen molar-refractivity contribution in [1.82, 2.24) is 0 Å². The summed E-state index contributed by atoms with van der Waals surface area (Å²) in [4.78, 5) is 0. The van der Waals surface area contributed by atoms with Crippen LogP contribution in [-0.2, 0) is 37.9 Å². The molecule has 0 amide bonds. The minimum atomic E-state index is -1.77. The van der Waals surface area contributed by atoms with Gasteiger partial charge in [0.2, 0.25) is 0 Å². The van der Waals surface area contributed by atoms with Crippen LogP contribution in [0.15, 0.2) is 11.6 Å². The van der Waals surface area contributed by atoms with Gasteiger partial charge in [-0.3, -0.25) is 0 Å². The maximum absolute atomic E-state index is 12.9. The lowest BCUT2D eigenvalue weighted by Gasteiger charge is -2.72. The first-order valence-electron chi connectivity index (χ1n) is 27.2. The van der Waals surface area contributed by atoms with Crippen molar-refractivity contribution in [3.8, 4) is 0 Å². The number of allylic oxidation sites excluding steroid dienone is 2. The highest BCUT2D eigenvalue weighted by molar-refractivity contribution is 5.22. The lowest BCUT2D eigenvalue weighted by molar-refractivity contribution is -0.382. The van der Waals surface area contributed by atoms with E-state index in [0.29, 0.717) is 51.4 Å². The topological polar surface area (TPSA) is 357 Å². The molecule has 30 atom stereocenters. The standard InChI is InChI=1S/C53H90O22/c1-22(2)11-10-14-53(9,75-47-42(67)38(63)36(61)29(73-47)21-68-45-40(65)35(60)28(20-55)71-45)24-12-16-51(7)32(24)25(56)17-30-50(6)15-13-31(57)49(4,5)44(50)26(18-52(30,51)8)70-48-43(39(64)34(59)27(19-54)72-48)74-46-41(66)37(62)33(58)23(3)69-46/h11,23-48,54-67H,10,12-21H2,1-9H3/t23-,24-,25+,26-,27+,28-,29+,30+,31-,32-,33-,34+,35-,36+,37+,38-,39-,40+,41+,42+,43+,44-,45+,46-,47-,48+,50+,51+,52+,53-/m0/s1. The van der Waals surface area contributed by atoms with E-state index in [0.717, 1.165) is 5.57 Å². The molecule has 8 rings (SSSR count). The van der Waals surface area contributed by atoms with Gasteiger partial charge in [-0.1, -0.05) is 46.3 Å². The molecule has 4 heterocycles. The molecule has 75 heavy (non-hydrogen) atoms. The van der Waals surface area contributed by atoms with E-state index in [2.05, 4.69) is 26.8 Å². The molecular weight excluding hydrogens is 989 g/mol. The Morgan fingerprint density at radius 1 is 0.627 bits per heavy atom. The van der Waals surface area contributed by atoms with Crippen molar-refractivity contribution in [2.24, 2.45) is 45.3 Å². The highest BCUT2D eigenvalue weighted by atomic mass is 16.8. The van der Waals surface area contributed by atoms with Crippen LogP contribution >= 0.6 is 0 Å².